The Hall–Kier alpha value is -10.4. The second kappa shape index (κ2) is 36.1. The molecule has 0 saturated carbocycles. The lowest BCUT2D eigenvalue weighted by Gasteiger charge is -2.41. The number of aromatic nitrogens is 3. The number of fused-ring (bicyclic) bond motifs is 9. The molecule has 0 aliphatic carbocycles. The van der Waals surface area contributed by atoms with Crippen LogP contribution in [0.25, 0.3) is 87.7 Å². The molecule has 0 aliphatic rings. The molecule has 0 bridgehead atoms. The van der Waals surface area contributed by atoms with Crippen LogP contribution in [0.4, 0.5) is 22.7 Å². The molecule has 0 radical (unpaired) electrons. The maximum absolute atomic E-state index is 2.56. The van der Waals surface area contributed by atoms with Crippen LogP contribution in [0.2, 0.25) is 0 Å². The molecule has 3 aromatic heterocycles. The SMILES string of the molecule is CC(C)(C)c1cc(N(c2cc(C(C)(C)C)cc(C(C)(C)C)c2)C(C)(C)C)cc(C(C)(C)C)c1.CC(C)(C)c1ccc(N(c2ccc(C(C)(C)C)cc2)C(C)(C)C)cc1.CC(C)(C)c1ccc2c(c1)c1cc(C(C)(C)C)ccc1n2C(C)(C)C.CC(C)(C)n1c2ccc(-c3ccccc3)cc2c2cc(-c3ccccc3)ccc21.CC(C)(C)n1c2ccccc2c2ccccc21. The van der Waals surface area contributed by atoms with Gasteiger partial charge in [0.25, 0.3) is 0 Å². The highest BCUT2D eigenvalue weighted by Crippen LogP contribution is 2.47. The van der Waals surface area contributed by atoms with Crippen molar-refractivity contribution in [3.8, 4) is 22.3 Å². The van der Waals surface area contributed by atoms with Crippen molar-refractivity contribution in [1.82, 2.24) is 13.7 Å². The molecule has 3 heterocycles. The maximum atomic E-state index is 2.56. The number of hydrogen-bond donors (Lipinski definition) is 0. The average molecular weight is 1720 g/mol. The van der Waals surface area contributed by atoms with Gasteiger partial charge in [-0.2, -0.15) is 0 Å². The number of benzene rings is 12. The van der Waals surface area contributed by atoms with Crippen molar-refractivity contribution in [1.29, 1.82) is 0 Å². The van der Waals surface area contributed by atoms with Crippen LogP contribution in [0.3, 0.4) is 0 Å². The van der Waals surface area contributed by atoms with E-state index in [1.54, 1.807) is 0 Å². The van der Waals surface area contributed by atoms with Gasteiger partial charge in [-0.1, -0.05) is 324 Å². The standard InChI is InChI=1S/C32H51N.C28H25N.C24H33N.C24H35N.C16H17N/c1-28(2,3)22-16-23(29(4,5)6)19-26(18-22)33(32(13,14)15)27-20-24(30(7,8)9)17-25(21-27)31(10,11)12;1-28(2,3)29-26-16-14-22(20-10-6-4-7-11-20)18-24(26)25-19-23(15-17-27(25)29)21-12-8-5-9-13-21;1-22(2,3)16-10-12-20-18(14-16)19-15-17(23(4,5)6)11-13-21(19)25(20)24(7,8)9;1-22(2,3)18-10-14-20(15-11-18)25(24(7,8)9)21-16-12-19(13-17-21)23(4,5)6;1-16(2,3)17-14-10-6-4-8-12(14)13-9-5-7-11-15(13)17/h16-21H,1-15H3;4-19H,1-3H3;10-15H,1-9H3;10-17H,1-9H3;4-11H,1-3H3. The van der Waals surface area contributed by atoms with E-state index in [0.29, 0.717) is 0 Å². The third-order valence-corrected chi connectivity index (χ3v) is 25.2. The van der Waals surface area contributed by atoms with Crippen LogP contribution >= 0.6 is 0 Å². The van der Waals surface area contributed by atoms with Gasteiger partial charge in [-0.25, -0.2) is 0 Å². The summed E-state index contributed by atoms with van der Waals surface area (Å²) < 4.78 is 7.40. The number of nitrogens with zero attached hydrogens (tertiary/aromatic N) is 5. The zero-order valence-electron chi connectivity index (χ0n) is 87.1. The van der Waals surface area contributed by atoms with Gasteiger partial charge in [0.15, 0.2) is 0 Å². The Balaban J connectivity index is 0.000000158. The molecule has 0 atom stereocenters. The highest BCUT2D eigenvalue weighted by atomic mass is 15.2. The highest BCUT2D eigenvalue weighted by Gasteiger charge is 2.34. The van der Waals surface area contributed by atoms with Gasteiger partial charge in [0.1, 0.15) is 0 Å². The van der Waals surface area contributed by atoms with Crippen molar-refractivity contribution >= 4 is 88.2 Å². The lowest BCUT2D eigenvalue weighted by Crippen LogP contribution is -2.38. The Morgan fingerprint density at radius 1 is 0.155 bits per heavy atom. The molecule has 5 heteroatoms. The Labute approximate surface area is 781 Å². The smallest absolute Gasteiger partial charge is 0.0496 e. The van der Waals surface area contributed by atoms with E-state index in [4.69, 9.17) is 0 Å². The van der Waals surface area contributed by atoms with Crippen LogP contribution < -0.4 is 9.80 Å². The molecule has 0 N–H and O–H groups in total. The average Bonchev–Trinajstić information content (AvgIpc) is 1.59. The summed E-state index contributed by atoms with van der Waals surface area (Å²) in [4.78, 5) is 4.98. The maximum Gasteiger partial charge on any atom is 0.0496 e. The van der Waals surface area contributed by atoms with Crippen molar-refractivity contribution in [3.63, 3.8) is 0 Å². The van der Waals surface area contributed by atoms with Crippen LogP contribution in [0, 0.1) is 0 Å². The fourth-order valence-electron chi connectivity index (χ4n) is 18.0. The third-order valence-electron chi connectivity index (χ3n) is 25.2. The summed E-state index contributed by atoms with van der Waals surface area (Å²) in [6.07, 6.45) is 0. The van der Waals surface area contributed by atoms with Gasteiger partial charge in [0, 0.05) is 116 Å². The van der Waals surface area contributed by atoms with E-state index < -0.39 is 0 Å². The first kappa shape index (κ1) is 99.2. The molecule has 129 heavy (non-hydrogen) atoms. The van der Waals surface area contributed by atoms with Gasteiger partial charge in [-0.05, 0) is 323 Å². The van der Waals surface area contributed by atoms with Crippen LogP contribution in [-0.2, 0) is 59.9 Å². The molecule has 0 amide bonds. The van der Waals surface area contributed by atoms with Gasteiger partial charge in [0.2, 0.25) is 0 Å². The molecule has 682 valence electrons. The predicted molar refractivity (Wildman–Crippen MR) is 573 cm³/mol. The second-order valence-electron chi connectivity index (χ2n) is 49.9. The van der Waals surface area contributed by atoms with Crippen molar-refractivity contribution in [2.45, 2.75) is 341 Å². The van der Waals surface area contributed by atoms with Crippen LogP contribution in [0.5, 0.6) is 0 Å². The largest absolute Gasteiger partial charge is 0.336 e. The molecule has 0 aliphatic heterocycles. The first-order chi connectivity index (χ1) is 59.2. The monoisotopic (exact) mass is 1720 g/mol. The molecule has 12 aromatic carbocycles. The van der Waals surface area contributed by atoms with Gasteiger partial charge >= 0.3 is 0 Å². The van der Waals surface area contributed by atoms with E-state index >= 15 is 0 Å². The zero-order chi connectivity index (χ0) is 95.7. The molecule has 0 unspecified atom stereocenters. The highest BCUT2D eigenvalue weighted by molar-refractivity contribution is 6.12. The number of rotatable bonds is 6. The van der Waals surface area contributed by atoms with E-state index in [0.717, 1.165) is 0 Å². The molecule has 0 spiro atoms. The van der Waals surface area contributed by atoms with Gasteiger partial charge < -0.3 is 23.5 Å². The minimum Gasteiger partial charge on any atom is -0.336 e. The summed E-state index contributed by atoms with van der Waals surface area (Å²) in [5, 5.41) is 8.08. The van der Waals surface area contributed by atoms with E-state index in [1.165, 1.54) is 155 Å². The minimum atomic E-state index is -0.0721. The van der Waals surface area contributed by atoms with Crippen molar-refractivity contribution in [2.75, 3.05) is 9.80 Å². The lowest BCUT2D eigenvalue weighted by atomic mass is 9.79. The summed E-state index contributed by atoms with van der Waals surface area (Å²) >= 11 is 0. The first-order valence-corrected chi connectivity index (χ1v) is 47.6. The fourth-order valence-corrected chi connectivity index (χ4v) is 18.0. The molecule has 15 aromatic rings. The predicted octanol–water partition coefficient (Wildman–Crippen LogP) is 36.6. The Kier molecular flexibility index (Phi) is 27.7. The Morgan fingerprint density at radius 2 is 0.372 bits per heavy atom. The summed E-state index contributed by atoms with van der Waals surface area (Å²) in [7, 11) is 0. The van der Waals surface area contributed by atoms with Crippen molar-refractivity contribution < 1.29 is 0 Å². The topological polar surface area (TPSA) is 21.3 Å². The Bertz CT molecular complexity index is 5970. The van der Waals surface area contributed by atoms with Crippen LogP contribution in [-0.4, -0.2) is 24.8 Å². The summed E-state index contributed by atoms with van der Waals surface area (Å²) in [6, 6.07) is 98.9. The van der Waals surface area contributed by atoms with E-state index in [9.17, 15) is 0 Å². The number of para-hydroxylation sites is 2. The molecular formula is C124H161N5. The Morgan fingerprint density at radius 3 is 0.620 bits per heavy atom. The minimum absolute atomic E-state index is 0.00251. The summed E-state index contributed by atoms with van der Waals surface area (Å²) in [5.41, 5.74) is 30.2. The van der Waals surface area contributed by atoms with Crippen molar-refractivity contribution in [3.05, 3.63) is 311 Å². The molecule has 15 rings (SSSR count). The van der Waals surface area contributed by atoms with E-state index in [2.05, 4.69) is 560 Å². The molecular weight excluding hydrogens is 1560 g/mol. The fraction of sp³-hybridized carbons (Fsp3) is 0.419. The summed E-state index contributed by atoms with van der Waals surface area (Å²) in [5.74, 6) is 0. The molecule has 5 nitrogen and oxygen atoms in total. The molecule has 0 saturated heterocycles. The van der Waals surface area contributed by atoms with E-state index in [1.807, 2.05) is 0 Å². The third kappa shape index (κ3) is 23.0. The lowest BCUT2D eigenvalue weighted by molar-refractivity contribution is 0.423. The van der Waals surface area contributed by atoms with Gasteiger partial charge in [0.05, 0.1) is 0 Å². The van der Waals surface area contributed by atoms with Crippen molar-refractivity contribution in [2.24, 2.45) is 0 Å². The van der Waals surface area contributed by atoms with Gasteiger partial charge in [-0.3, -0.25) is 0 Å². The zero-order valence-corrected chi connectivity index (χ0v) is 87.1. The number of hydrogen-bond acceptors (Lipinski definition) is 2. The second-order valence-corrected chi connectivity index (χ2v) is 49.9. The number of anilines is 4. The first-order valence-electron chi connectivity index (χ1n) is 47.6. The summed E-state index contributed by atoms with van der Waals surface area (Å²) in [6.45, 7) is 89.4. The molecule has 0 fully saturated rings. The van der Waals surface area contributed by atoms with Crippen LogP contribution in [0.15, 0.2) is 267 Å². The van der Waals surface area contributed by atoms with Gasteiger partial charge in [-0.15, -0.1) is 0 Å². The quantitative estimate of drug-likeness (QED) is 0.165. The van der Waals surface area contributed by atoms with E-state index in [-0.39, 0.29) is 71.0 Å². The van der Waals surface area contributed by atoms with Crippen LogP contribution in [0.1, 0.15) is 315 Å². The normalized spacial score (nSPS) is 13.1.